The van der Waals surface area contributed by atoms with Crippen LogP contribution in [0.25, 0.3) is 0 Å². The normalized spacial score (nSPS) is 13.6. The van der Waals surface area contributed by atoms with Gasteiger partial charge >= 0.3 is 0 Å². The third kappa shape index (κ3) is 6.03. The third-order valence-corrected chi connectivity index (χ3v) is 3.45. The average molecular weight is 359 g/mol. The minimum atomic E-state index is -0.578. The molecule has 0 fully saturated rings. The first-order valence-corrected chi connectivity index (χ1v) is 7.73. The first-order chi connectivity index (χ1) is 9.95. The molecule has 0 bridgehead atoms. The number of rotatable bonds is 8. The van der Waals surface area contributed by atoms with Gasteiger partial charge in [0.05, 0.1) is 0 Å². The fourth-order valence-electron chi connectivity index (χ4n) is 1.80. The highest BCUT2D eigenvalue weighted by atomic mass is 79.9. The molecule has 0 aliphatic carbocycles. The zero-order valence-corrected chi connectivity index (χ0v) is 14.3. The number of nitrogens with one attached hydrogen (secondary N) is 1. The number of carbonyl (C=O) groups excluding carboxylic acids is 1. The molecule has 0 spiro atoms. The van der Waals surface area contributed by atoms with E-state index in [1.165, 1.54) is 0 Å². The smallest absolute Gasteiger partial charge is 0.260 e. The van der Waals surface area contributed by atoms with Crippen molar-refractivity contribution in [3.63, 3.8) is 0 Å². The number of ether oxygens (including phenoxy) is 2. The summed E-state index contributed by atoms with van der Waals surface area (Å²) in [6, 6.07) is 5.42. The Morgan fingerprint density at radius 1 is 1.43 bits per heavy atom. The van der Waals surface area contributed by atoms with Crippen molar-refractivity contribution in [3.05, 3.63) is 28.2 Å². The largest absolute Gasteiger partial charge is 0.481 e. The van der Waals surface area contributed by atoms with Gasteiger partial charge in [-0.1, -0.05) is 15.9 Å². The van der Waals surface area contributed by atoms with Crippen LogP contribution in [0.15, 0.2) is 22.7 Å². The van der Waals surface area contributed by atoms with Crippen LogP contribution in [0.2, 0.25) is 0 Å². The lowest BCUT2D eigenvalue weighted by Crippen LogP contribution is -2.37. The highest BCUT2D eigenvalue weighted by Gasteiger charge is 2.17. The van der Waals surface area contributed by atoms with Gasteiger partial charge in [-0.15, -0.1) is 0 Å². The van der Waals surface area contributed by atoms with Crippen molar-refractivity contribution in [2.24, 2.45) is 5.73 Å². The second kappa shape index (κ2) is 9.02. The van der Waals surface area contributed by atoms with Crippen LogP contribution in [0.4, 0.5) is 0 Å². The average Bonchev–Trinajstić information content (AvgIpc) is 2.44. The van der Waals surface area contributed by atoms with Crippen molar-refractivity contribution in [2.45, 2.75) is 32.4 Å². The van der Waals surface area contributed by atoms with Crippen molar-refractivity contribution in [3.8, 4) is 5.75 Å². The Balaban J connectivity index is 2.61. The van der Waals surface area contributed by atoms with Crippen molar-refractivity contribution < 1.29 is 14.3 Å². The predicted octanol–water partition coefficient (Wildman–Crippen LogP) is 2.39. The maximum atomic E-state index is 11.9. The van der Waals surface area contributed by atoms with Crippen molar-refractivity contribution in [1.82, 2.24) is 5.32 Å². The van der Waals surface area contributed by atoms with Crippen LogP contribution in [0, 0.1) is 0 Å². The summed E-state index contributed by atoms with van der Waals surface area (Å²) >= 11 is 3.41. The second-order valence-electron chi connectivity index (χ2n) is 4.87. The predicted molar refractivity (Wildman–Crippen MR) is 86.3 cm³/mol. The number of methoxy groups -OCH3 is 1. The quantitative estimate of drug-likeness (QED) is 0.699. The van der Waals surface area contributed by atoms with E-state index in [1.54, 1.807) is 14.0 Å². The molecule has 0 aliphatic heterocycles. The van der Waals surface area contributed by atoms with Crippen LogP contribution < -0.4 is 15.8 Å². The number of hydrogen-bond donors (Lipinski definition) is 2. The molecule has 1 amide bonds. The monoisotopic (exact) mass is 358 g/mol. The fourth-order valence-corrected chi connectivity index (χ4v) is 2.18. The van der Waals surface area contributed by atoms with E-state index in [1.807, 2.05) is 25.1 Å². The van der Waals surface area contributed by atoms with E-state index in [4.69, 9.17) is 15.2 Å². The molecule has 6 heteroatoms. The Bertz CT molecular complexity index is 466. The number of halogens is 1. The maximum absolute atomic E-state index is 11.9. The summed E-state index contributed by atoms with van der Waals surface area (Å²) in [6.07, 6.45) is 0.199. The number of carbonyl (C=O) groups is 1. The van der Waals surface area contributed by atoms with Gasteiger partial charge in [-0.3, -0.25) is 4.79 Å². The summed E-state index contributed by atoms with van der Waals surface area (Å²) in [5.41, 5.74) is 6.80. The number of benzene rings is 1. The molecular weight excluding hydrogens is 336 g/mol. The summed E-state index contributed by atoms with van der Waals surface area (Å²) in [5.74, 6) is 0.484. The standard InChI is InChI=1S/C15H23BrN2O3/c1-10(17)13-9-12(16)5-6-14(13)21-11(2)15(19)18-7-4-8-20-3/h5-6,9-11H,4,7-8,17H2,1-3H3,(H,18,19)/t10-,11?/m1/s1. The van der Waals surface area contributed by atoms with Crippen molar-refractivity contribution in [1.29, 1.82) is 0 Å². The number of amides is 1. The van der Waals surface area contributed by atoms with Crippen LogP contribution in [-0.2, 0) is 9.53 Å². The molecule has 0 saturated carbocycles. The third-order valence-electron chi connectivity index (χ3n) is 2.96. The fraction of sp³-hybridized carbons (Fsp3) is 0.533. The van der Waals surface area contributed by atoms with E-state index >= 15 is 0 Å². The highest BCUT2D eigenvalue weighted by Crippen LogP contribution is 2.28. The zero-order chi connectivity index (χ0) is 15.8. The lowest BCUT2D eigenvalue weighted by molar-refractivity contribution is -0.127. The SMILES string of the molecule is COCCCNC(=O)C(C)Oc1ccc(Br)cc1[C@@H](C)N. The van der Waals surface area contributed by atoms with Crippen LogP contribution in [0.1, 0.15) is 31.9 Å². The summed E-state index contributed by atoms with van der Waals surface area (Å²) in [5, 5.41) is 2.81. The van der Waals surface area contributed by atoms with E-state index < -0.39 is 6.10 Å². The molecule has 2 atom stereocenters. The van der Waals surface area contributed by atoms with Gasteiger partial charge in [-0.05, 0) is 38.5 Å². The van der Waals surface area contributed by atoms with Crippen LogP contribution in [0.5, 0.6) is 5.75 Å². The summed E-state index contributed by atoms with van der Waals surface area (Å²) in [7, 11) is 1.64. The molecule has 3 N–H and O–H groups in total. The van der Waals surface area contributed by atoms with Gasteiger partial charge in [0.1, 0.15) is 5.75 Å². The Morgan fingerprint density at radius 3 is 2.76 bits per heavy atom. The van der Waals surface area contributed by atoms with E-state index in [-0.39, 0.29) is 11.9 Å². The summed E-state index contributed by atoms with van der Waals surface area (Å²) in [4.78, 5) is 11.9. The number of hydrogen-bond acceptors (Lipinski definition) is 4. The van der Waals surface area contributed by atoms with Gasteiger partial charge in [0.25, 0.3) is 5.91 Å². The Labute approximate surface area is 134 Å². The molecule has 21 heavy (non-hydrogen) atoms. The van der Waals surface area contributed by atoms with Crippen LogP contribution in [0.3, 0.4) is 0 Å². The van der Waals surface area contributed by atoms with Gasteiger partial charge in [0, 0.05) is 36.3 Å². The summed E-state index contributed by atoms with van der Waals surface area (Å²) < 4.78 is 11.6. The van der Waals surface area contributed by atoms with Crippen LogP contribution >= 0.6 is 15.9 Å². The molecule has 5 nitrogen and oxygen atoms in total. The molecule has 1 aromatic carbocycles. The van der Waals surface area contributed by atoms with E-state index in [2.05, 4.69) is 21.2 Å². The lowest BCUT2D eigenvalue weighted by atomic mass is 10.1. The molecule has 0 heterocycles. The molecule has 1 unspecified atom stereocenters. The minimum Gasteiger partial charge on any atom is -0.481 e. The minimum absolute atomic E-state index is 0.148. The summed E-state index contributed by atoms with van der Waals surface area (Å²) in [6.45, 7) is 4.79. The van der Waals surface area contributed by atoms with E-state index in [9.17, 15) is 4.79 Å². The van der Waals surface area contributed by atoms with Crippen molar-refractivity contribution >= 4 is 21.8 Å². The first-order valence-electron chi connectivity index (χ1n) is 6.94. The molecule has 1 aromatic rings. The van der Waals surface area contributed by atoms with E-state index in [0.717, 1.165) is 16.5 Å². The van der Waals surface area contributed by atoms with Gasteiger partial charge in [0.2, 0.25) is 0 Å². The highest BCUT2D eigenvalue weighted by molar-refractivity contribution is 9.10. The molecule has 0 aliphatic rings. The van der Waals surface area contributed by atoms with E-state index in [0.29, 0.717) is 18.9 Å². The van der Waals surface area contributed by atoms with Crippen LogP contribution in [-0.4, -0.2) is 32.3 Å². The van der Waals surface area contributed by atoms with Gasteiger partial charge in [-0.25, -0.2) is 0 Å². The maximum Gasteiger partial charge on any atom is 0.260 e. The second-order valence-corrected chi connectivity index (χ2v) is 5.78. The topological polar surface area (TPSA) is 73.6 Å². The van der Waals surface area contributed by atoms with Gasteiger partial charge < -0.3 is 20.5 Å². The molecule has 0 aromatic heterocycles. The molecule has 0 saturated heterocycles. The number of nitrogens with two attached hydrogens (primary N) is 1. The lowest BCUT2D eigenvalue weighted by Gasteiger charge is -2.19. The molecule has 1 rings (SSSR count). The molecule has 118 valence electrons. The van der Waals surface area contributed by atoms with Gasteiger partial charge in [0.15, 0.2) is 6.10 Å². The van der Waals surface area contributed by atoms with Gasteiger partial charge in [-0.2, -0.15) is 0 Å². The Hall–Kier alpha value is -1.11. The van der Waals surface area contributed by atoms with Crippen molar-refractivity contribution in [2.75, 3.05) is 20.3 Å². The Morgan fingerprint density at radius 2 is 2.14 bits per heavy atom. The molecule has 0 radical (unpaired) electrons. The first kappa shape index (κ1) is 17.9. The zero-order valence-electron chi connectivity index (χ0n) is 12.7. The molecular formula is C15H23BrN2O3. The Kier molecular flexibility index (Phi) is 7.71.